The van der Waals surface area contributed by atoms with E-state index in [1.807, 2.05) is 7.05 Å². The molecule has 0 aromatic heterocycles. The molecule has 0 amide bonds. The van der Waals surface area contributed by atoms with Crippen molar-refractivity contribution in [3.63, 3.8) is 0 Å². The molecule has 0 aromatic rings. The van der Waals surface area contributed by atoms with Crippen molar-refractivity contribution in [1.82, 2.24) is 15.1 Å². The summed E-state index contributed by atoms with van der Waals surface area (Å²) in [5, 5.41) is 3.54. The molecule has 1 heterocycles. The Balaban J connectivity index is 0.00000400. The molecule has 1 atom stereocenters. The molecule has 1 fully saturated rings. The van der Waals surface area contributed by atoms with Crippen molar-refractivity contribution in [2.24, 2.45) is 16.8 Å². The Morgan fingerprint density at radius 3 is 2.48 bits per heavy atom. The quantitative estimate of drug-likeness (QED) is 0.430. The number of hydrogen-bond donors (Lipinski definition) is 1. The van der Waals surface area contributed by atoms with Crippen LogP contribution in [0.3, 0.4) is 0 Å². The minimum Gasteiger partial charge on any atom is -0.354 e. The zero-order valence-corrected chi connectivity index (χ0v) is 17.3. The van der Waals surface area contributed by atoms with Gasteiger partial charge in [-0.15, -0.1) is 24.0 Å². The predicted molar refractivity (Wildman–Crippen MR) is 104 cm³/mol. The summed E-state index contributed by atoms with van der Waals surface area (Å²) in [4.78, 5) is 9.12. The van der Waals surface area contributed by atoms with E-state index >= 15 is 0 Å². The summed E-state index contributed by atoms with van der Waals surface area (Å²) in [6, 6.07) is 0. The molecule has 1 rings (SSSR count). The van der Waals surface area contributed by atoms with Crippen molar-refractivity contribution in [2.45, 2.75) is 46.1 Å². The third-order valence-electron chi connectivity index (χ3n) is 4.49. The molecular weight excluding hydrogens is 375 g/mol. The van der Waals surface area contributed by atoms with Gasteiger partial charge in [-0.3, -0.25) is 4.99 Å². The van der Waals surface area contributed by atoms with Gasteiger partial charge in [0.1, 0.15) is 0 Å². The average molecular weight is 410 g/mol. The van der Waals surface area contributed by atoms with E-state index in [0.717, 1.165) is 37.4 Å². The number of nitrogens with zero attached hydrogens (tertiary/aromatic N) is 3. The van der Waals surface area contributed by atoms with E-state index in [1.54, 1.807) is 0 Å². The summed E-state index contributed by atoms with van der Waals surface area (Å²) in [5.74, 6) is 2.68. The minimum absolute atomic E-state index is 0. The Morgan fingerprint density at radius 2 is 2.00 bits per heavy atom. The topological polar surface area (TPSA) is 30.9 Å². The highest BCUT2D eigenvalue weighted by Gasteiger charge is 2.27. The summed E-state index contributed by atoms with van der Waals surface area (Å²) in [5.41, 5.74) is 0.132. The van der Waals surface area contributed by atoms with Gasteiger partial charge in [-0.05, 0) is 52.6 Å². The molecule has 0 radical (unpaired) electrons. The molecule has 4 nitrogen and oxygen atoms in total. The fourth-order valence-electron chi connectivity index (χ4n) is 2.67. The first-order valence-electron chi connectivity index (χ1n) is 7.89. The summed E-state index contributed by atoms with van der Waals surface area (Å²) < 4.78 is 0. The van der Waals surface area contributed by atoms with Crippen molar-refractivity contribution in [1.29, 1.82) is 0 Å². The normalized spacial score (nSPS) is 20.1. The summed E-state index contributed by atoms with van der Waals surface area (Å²) >= 11 is 0. The Kier molecular flexibility index (Phi) is 9.16. The van der Waals surface area contributed by atoms with Gasteiger partial charge in [0.15, 0.2) is 5.96 Å². The molecule has 1 aliphatic heterocycles. The molecule has 126 valence electrons. The Labute approximate surface area is 148 Å². The second kappa shape index (κ2) is 9.18. The number of halogens is 1. The number of guanidine groups is 1. The lowest BCUT2D eigenvalue weighted by atomic mass is 9.97. The van der Waals surface area contributed by atoms with Crippen LogP contribution in [0.5, 0.6) is 0 Å². The van der Waals surface area contributed by atoms with E-state index in [4.69, 9.17) is 0 Å². The molecule has 5 heteroatoms. The number of hydrogen-bond acceptors (Lipinski definition) is 2. The van der Waals surface area contributed by atoms with Gasteiger partial charge in [0.05, 0.1) is 0 Å². The van der Waals surface area contributed by atoms with E-state index in [0.29, 0.717) is 0 Å². The molecule has 0 spiro atoms. The number of likely N-dealkylation sites (N-methyl/N-ethyl adjacent to an activating group) is 1. The maximum Gasteiger partial charge on any atom is 0.193 e. The molecule has 21 heavy (non-hydrogen) atoms. The smallest absolute Gasteiger partial charge is 0.193 e. The first-order valence-corrected chi connectivity index (χ1v) is 7.89. The van der Waals surface area contributed by atoms with Crippen LogP contribution in [-0.4, -0.2) is 62.1 Å². The average Bonchev–Trinajstić information content (AvgIpc) is 2.77. The van der Waals surface area contributed by atoms with Crippen LogP contribution in [-0.2, 0) is 0 Å². The van der Waals surface area contributed by atoms with Crippen LogP contribution in [0.4, 0.5) is 0 Å². The molecule has 0 aromatic carbocycles. The third-order valence-corrected chi connectivity index (χ3v) is 4.49. The van der Waals surface area contributed by atoms with Gasteiger partial charge in [0.25, 0.3) is 0 Å². The van der Waals surface area contributed by atoms with Crippen LogP contribution >= 0.6 is 24.0 Å². The largest absolute Gasteiger partial charge is 0.354 e. The predicted octanol–water partition coefficient (Wildman–Crippen LogP) is 2.89. The fraction of sp³-hybridized carbons (Fsp3) is 0.938. The zero-order valence-electron chi connectivity index (χ0n) is 14.9. The molecule has 1 aliphatic rings. The lowest BCUT2D eigenvalue weighted by Gasteiger charge is -2.34. The van der Waals surface area contributed by atoms with Crippen molar-refractivity contribution in [3.05, 3.63) is 0 Å². The second-order valence-corrected chi connectivity index (χ2v) is 7.34. The molecule has 0 aliphatic carbocycles. The van der Waals surface area contributed by atoms with E-state index in [1.165, 1.54) is 12.8 Å². The number of rotatable bonds is 5. The Bertz CT molecular complexity index is 326. The van der Waals surface area contributed by atoms with Crippen molar-refractivity contribution in [3.8, 4) is 0 Å². The fourth-order valence-corrected chi connectivity index (χ4v) is 2.67. The number of likely N-dealkylation sites (tertiary alicyclic amines) is 1. The van der Waals surface area contributed by atoms with Gasteiger partial charge in [0.2, 0.25) is 0 Å². The molecule has 0 bridgehead atoms. The lowest BCUT2D eigenvalue weighted by Crippen LogP contribution is -2.51. The van der Waals surface area contributed by atoms with Crippen molar-refractivity contribution in [2.75, 3.05) is 40.8 Å². The van der Waals surface area contributed by atoms with Gasteiger partial charge in [-0.25, -0.2) is 0 Å². The molecule has 0 saturated carbocycles. The number of nitrogens with one attached hydrogen (secondary N) is 1. The molecule has 1 unspecified atom stereocenters. The van der Waals surface area contributed by atoms with E-state index < -0.39 is 0 Å². The monoisotopic (exact) mass is 410 g/mol. The third kappa shape index (κ3) is 6.72. The maximum absolute atomic E-state index is 4.46. The SMILES string of the molecule is CN=C(NCC(C)(C)N(C)C)N1CCC(CC(C)C)C1.I. The van der Waals surface area contributed by atoms with Crippen LogP contribution < -0.4 is 5.32 Å². The van der Waals surface area contributed by atoms with Crippen LogP contribution in [0.2, 0.25) is 0 Å². The van der Waals surface area contributed by atoms with Crippen LogP contribution in [0, 0.1) is 11.8 Å². The van der Waals surface area contributed by atoms with Gasteiger partial charge in [-0.1, -0.05) is 13.8 Å². The van der Waals surface area contributed by atoms with E-state index in [9.17, 15) is 0 Å². The first-order chi connectivity index (χ1) is 9.26. The maximum atomic E-state index is 4.46. The van der Waals surface area contributed by atoms with Crippen LogP contribution in [0.25, 0.3) is 0 Å². The zero-order chi connectivity index (χ0) is 15.3. The van der Waals surface area contributed by atoms with Gasteiger partial charge < -0.3 is 15.1 Å². The first kappa shape index (κ1) is 21.0. The van der Waals surface area contributed by atoms with Gasteiger partial charge >= 0.3 is 0 Å². The molecule has 1 saturated heterocycles. The highest BCUT2D eigenvalue weighted by Crippen LogP contribution is 2.23. The van der Waals surface area contributed by atoms with Crippen molar-refractivity contribution < 1.29 is 0 Å². The van der Waals surface area contributed by atoms with E-state index in [2.05, 4.69) is 61.9 Å². The van der Waals surface area contributed by atoms with Crippen molar-refractivity contribution >= 4 is 29.9 Å². The standard InChI is InChI=1S/C16H34N4.HI/c1-13(2)10-14-8-9-20(11-14)15(17-5)18-12-16(3,4)19(6)7;/h13-14H,8-12H2,1-7H3,(H,17,18);1H. The van der Waals surface area contributed by atoms with Crippen LogP contribution in [0.15, 0.2) is 4.99 Å². The van der Waals surface area contributed by atoms with Gasteiger partial charge in [0, 0.05) is 32.2 Å². The molecular formula is C16H35IN4. The summed E-state index contributed by atoms with van der Waals surface area (Å²) in [6.07, 6.45) is 2.63. The highest BCUT2D eigenvalue weighted by molar-refractivity contribution is 14.0. The molecule has 1 N–H and O–H groups in total. The summed E-state index contributed by atoms with van der Waals surface area (Å²) in [6.45, 7) is 12.3. The lowest BCUT2D eigenvalue weighted by molar-refractivity contribution is 0.196. The second-order valence-electron chi connectivity index (χ2n) is 7.34. The Morgan fingerprint density at radius 1 is 1.38 bits per heavy atom. The Hall–Kier alpha value is -0.0400. The van der Waals surface area contributed by atoms with E-state index in [-0.39, 0.29) is 29.5 Å². The summed E-state index contributed by atoms with van der Waals surface area (Å²) in [7, 11) is 6.14. The van der Waals surface area contributed by atoms with Crippen LogP contribution in [0.1, 0.15) is 40.5 Å². The van der Waals surface area contributed by atoms with Gasteiger partial charge in [-0.2, -0.15) is 0 Å². The number of aliphatic imine (C=N–C) groups is 1. The minimum atomic E-state index is 0. The highest BCUT2D eigenvalue weighted by atomic mass is 127.